The molecular formula is C19H13ClFNO3S. The zero-order chi connectivity index (χ0) is 18.1. The molecule has 0 bridgehead atoms. The van der Waals surface area contributed by atoms with E-state index in [0.29, 0.717) is 31.5 Å². The minimum Gasteiger partial charge on any atom is -0.467 e. The number of benzene rings is 1. The third-order valence-corrected chi connectivity index (χ3v) is 5.57. The first-order valence-electron chi connectivity index (χ1n) is 7.83. The molecule has 3 aromatic heterocycles. The average molecular weight is 390 g/mol. The van der Waals surface area contributed by atoms with Gasteiger partial charge in [-0.25, -0.2) is 4.39 Å². The van der Waals surface area contributed by atoms with Crippen LogP contribution >= 0.6 is 22.9 Å². The zero-order valence-corrected chi connectivity index (χ0v) is 15.0. The highest BCUT2D eigenvalue weighted by Crippen LogP contribution is 2.36. The number of rotatable bonds is 5. The fraction of sp³-hybridized carbons (Fsp3) is 0.105. The standard InChI is InChI=1S/C19H13ClFNO3S/c20-17-15-6-5-12(21)9-16(15)26-18(17)19(23)22(10-13-3-1-7-24-13)11-14-4-2-8-25-14/h1-9H,10-11H2. The van der Waals surface area contributed by atoms with Gasteiger partial charge in [0.2, 0.25) is 0 Å². The van der Waals surface area contributed by atoms with Gasteiger partial charge in [-0.3, -0.25) is 4.79 Å². The van der Waals surface area contributed by atoms with Gasteiger partial charge < -0.3 is 13.7 Å². The van der Waals surface area contributed by atoms with Gasteiger partial charge in [0.15, 0.2) is 0 Å². The minimum atomic E-state index is -0.363. The van der Waals surface area contributed by atoms with E-state index in [2.05, 4.69) is 0 Å². The summed E-state index contributed by atoms with van der Waals surface area (Å²) < 4.78 is 24.9. The van der Waals surface area contributed by atoms with Crippen LogP contribution in [0.25, 0.3) is 10.1 Å². The highest BCUT2D eigenvalue weighted by atomic mass is 35.5. The van der Waals surface area contributed by atoms with Gasteiger partial charge in [-0.1, -0.05) is 11.6 Å². The number of hydrogen-bond acceptors (Lipinski definition) is 4. The predicted molar refractivity (Wildman–Crippen MR) is 97.8 cm³/mol. The molecule has 7 heteroatoms. The van der Waals surface area contributed by atoms with E-state index < -0.39 is 0 Å². The van der Waals surface area contributed by atoms with Crippen molar-refractivity contribution in [3.05, 3.63) is 82.2 Å². The molecule has 4 nitrogen and oxygen atoms in total. The molecule has 132 valence electrons. The normalized spacial score (nSPS) is 11.2. The van der Waals surface area contributed by atoms with Crippen LogP contribution in [-0.2, 0) is 13.1 Å². The van der Waals surface area contributed by atoms with Crippen LogP contribution in [0.3, 0.4) is 0 Å². The van der Waals surface area contributed by atoms with Gasteiger partial charge in [-0.15, -0.1) is 11.3 Å². The molecule has 0 N–H and O–H groups in total. The van der Waals surface area contributed by atoms with Crippen molar-refractivity contribution in [3.63, 3.8) is 0 Å². The summed E-state index contributed by atoms with van der Waals surface area (Å²) in [6.45, 7) is 0.539. The summed E-state index contributed by atoms with van der Waals surface area (Å²) in [6.07, 6.45) is 3.11. The first-order chi connectivity index (χ1) is 12.6. The van der Waals surface area contributed by atoms with Crippen molar-refractivity contribution in [2.45, 2.75) is 13.1 Å². The Morgan fingerprint density at radius 3 is 2.31 bits per heavy atom. The SMILES string of the molecule is O=C(c1sc2cc(F)ccc2c1Cl)N(Cc1ccco1)Cc1ccco1. The highest BCUT2D eigenvalue weighted by Gasteiger charge is 2.24. The molecule has 0 spiro atoms. The summed E-state index contributed by atoms with van der Waals surface area (Å²) in [7, 11) is 0. The van der Waals surface area contributed by atoms with E-state index in [1.54, 1.807) is 47.8 Å². The number of carbonyl (C=O) groups excluding carboxylic acids is 1. The van der Waals surface area contributed by atoms with E-state index >= 15 is 0 Å². The van der Waals surface area contributed by atoms with Crippen LogP contribution in [0.2, 0.25) is 5.02 Å². The Hall–Kier alpha value is -2.57. The third-order valence-electron chi connectivity index (χ3n) is 3.93. The summed E-state index contributed by atoms with van der Waals surface area (Å²) in [5.74, 6) is 0.670. The molecule has 0 aliphatic heterocycles. The second-order valence-electron chi connectivity index (χ2n) is 5.71. The van der Waals surface area contributed by atoms with Crippen LogP contribution in [0.1, 0.15) is 21.2 Å². The van der Waals surface area contributed by atoms with Gasteiger partial charge in [0, 0.05) is 10.1 Å². The molecule has 0 aliphatic rings. The smallest absolute Gasteiger partial charge is 0.266 e. The molecule has 0 atom stereocenters. The van der Waals surface area contributed by atoms with Crippen LogP contribution < -0.4 is 0 Å². The van der Waals surface area contributed by atoms with Gasteiger partial charge in [-0.05, 0) is 42.5 Å². The highest BCUT2D eigenvalue weighted by molar-refractivity contribution is 7.21. The van der Waals surface area contributed by atoms with E-state index in [1.165, 1.54) is 23.5 Å². The largest absolute Gasteiger partial charge is 0.467 e. The Morgan fingerprint density at radius 1 is 1.08 bits per heavy atom. The lowest BCUT2D eigenvalue weighted by atomic mass is 10.2. The Labute approximate surface area is 157 Å². The lowest BCUT2D eigenvalue weighted by Crippen LogP contribution is -2.29. The Kier molecular flexibility index (Phi) is 4.53. The number of carbonyl (C=O) groups is 1. The zero-order valence-electron chi connectivity index (χ0n) is 13.4. The van der Waals surface area contributed by atoms with Crippen LogP contribution in [0, 0.1) is 5.82 Å². The number of fused-ring (bicyclic) bond motifs is 1. The number of furan rings is 2. The van der Waals surface area contributed by atoms with Gasteiger partial charge in [-0.2, -0.15) is 0 Å². The molecule has 0 radical (unpaired) electrons. The summed E-state index contributed by atoms with van der Waals surface area (Å²) in [6, 6.07) is 11.4. The molecule has 0 fully saturated rings. The summed E-state index contributed by atoms with van der Waals surface area (Å²) in [4.78, 5) is 15.1. The Morgan fingerprint density at radius 2 is 1.73 bits per heavy atom. The lowest BCUT2D eigenvalue weighted by molar-refractivity contribution is 0.0710. The molecule has 1 aromatic carbocycles. The van der Waals surface area contributed by atoms with Crippen molar-refractivity contribution >= 4 is 38.9 Å². The number of thiophene rings is 1. The molecule has 4 rings (SSSR count). The quantitative estimate of drug-likeness (QED) is 0.438. The fourth-order valence-electron chi connectivity index (χ4n) is 2.70. The maximum absolute atomic E-state index is 13.5. The number of halogens is 2. The van der Waals surface area contributed by atoms with Crippen LogP contribution in [0.15, 0.2) is 63.8 Å². The minimum absolute atomic E-state index is 0.260. The third kappa shape index (κ3) is 3.25. The second kappa shape index (κ2) is 6.97. The molecule has 0 saturated carbocycles. The molecule has 1 amide bonds. The molecular weight excluding hydrogens is 377 g/mol. The lowest BCUT2D eigenvalue weighted by Gasteiger charge is -2.20. The van der Waals surface area contributed by atoms with Crippen molar-refractivity contribution in [1.82, 2.24) is 4.90 Å². The number of hydrogen-bond donors (Lipinski definition) is 0. The van der Waals surface area contributed by atoms with Crippen molar-refractivity contribution in [2.24, 2.45) is 0 Å². The molecule has 0 unspecified atom stereocenters. The number of nitrogens with zero attached hydrogens (tertiary/aromatic N) is 1. The summed E-state index contributed by atoms with van der Waals surface area (Å²) in [5.41, 5.74) is 0. The van der Waals surface area contributed by atoms with Crippen LogP contribution in [0.5, 0.6) is 0 Å². The van der Waals surface area contributed by atoms with Crippen molar-refractivity contribution in [1.29, 1.82) is 0 Å². The predicted octanol–water partition coefficient (Wildman–Crippen LogP) is 5.72. The van der Waals surface area contributed by atoms with Crippen molar-refractivity contribution in [2.75, 3.05) is 0 Å². The van der Waals surface area contributed by atoms with Crippen molar-refractivity contribution < 1.29 is 18.0 Å². The van der Waals surface area contributed by atoms with E-state index in [9.17, 15) is 9.18 Å². The molecule has 4 aromatic rings. The maximum atomic E-state index is 13.5. The van der Waals surface area contributed by atoms with Gasteiger partial charge in [0.1, 0.15) is 22.2 Å². The number of amides is 1. The van der Waals surface area contributed by atoms with Gasteiger partial charge >= 0.3 is 0 Å². The maximum Gasteiger partial charge on any atom is 0.266 e. The topological polar surface area (TPSA) is 46.6 Å². The second-order valence-corrected chi connectivity index (χ2v) is 7.14. The molecule has 3 heterocycles. The molecule has 0 saturated heterocycles. The van der Waals surface area contributed by atoms with Gasteiger partial charge in [0.05, 0.1) is 30.6 Å². The van der Waals surface area contributed by atoms with Crippen LogP contribution in [0.4, 0.5) is 4.39 Å². The van der Waals surface area contributed by atoms with Crippen molar-refractivity contribution in [3.8, 4) is 0 Å². The molecule has 0 aliphatic carbocycles. The monoisotopic (exact) mass is 389 g/mol. The first-order valence-corrected chi connectivity index (χ1v) is 9.03. The fourth-order valence-corrected chi connectivity index (χ4v) is 4.21. The van der Waals surface area contributed by atoms with Gasteiger partial charge in [0.25, 0.3) is 5.91 Å². The van der Waals surface area contributed by atoms with E-state index in [4.69, 9.17) is 20.4 Å². The van der Waals surface area contributed by atoms with Crippen LogP contribution in [-0.4, -0.2) is 10.8 Å². The Balaban J connectivity index is 1.70. The Bertz CT molecular complexity index is 1000. The first kappa shape index (κ1) is 16.9. The molecule has 26 heavy (non-hydrogen) atoms. The summed E-state index contributed by atoms with van der Waals surface area (Å²) in [5, 5.41) is 0.997. The average Bonchev–Trinajstić information content (AvgIpc) is 3.36. The van der Waals surface area contributed by atoms with E-state index in [1.807, 2.05) is 0 Å². The van der Waals surface area contributed by atoms with E-state index in [0.717, 1.165) is 0 Å². The van der Waals surface area contributed by atoms with E-state index in [-0.39, 0.29) is 24.8 Å². The summed E-state index contributed by atoms with van der Waals surface area (Å²) >= 11 is 7.58.